The highest BCUT2D eigenvalue weighted by atomic mass is 79.9. The zero-order chi connectivity index (χ0) is 18.8. The standard InChI is InChI=1S/C23H24BrN3/c1-15(17-5-6-17)21-14-26-22-10-7-18(24)13-20(22)23(21)27-19-8-3-16(4-9-19)11-12-25-2/h3-4,7-10,13-14,17,25H,1,5-6,11-12H2,2H3,(H,26,27). The van der Waals surface area contributed by atoms with Crippen LogP contribution in [0.4, 0.5) is 11.4 Å². The summed E-state index contributed by atoms with van der Waals surface area (Å²) in [5.41, 5.74) is 6.82. The molecule has 138 valence electrons. The third kappa shape index (κ3) is 4.07. The summed E-state index contributed by atoms with van der Waals surface area (Å²) >= 11 is 3.60. The predicted molar refractivity (Wildman–Crippen MR) is 119 cm³/mol. The van der Waals surface area contributed by atoms with Gasteiger partial charge in [-0.3, -0.25) is 4.98 Å². The molecular formula is C23H24BrN3. The third-order valence-electron chi connectivity index (χ3n) is 5.13. The fourth-order valence-electron chi connectivity index (χ4n) is 3.36. The van der Waals surface area contributed by atoms with E-state index in [1.165, 1.54) is 24.0 Å². The molecule has 0 radical (unpaired) electrons. The third-order valence-corrected chi connectivity index (χ3v) is 5.63. The zero-order valence-electron chi connectivity index (χ0n) is 15.6. The number of benzene rings is 2. The van der Waals surface area contributed by atoms with E-state index in [1.807, 2.05) is 19.3 Å². The van der Waals surface area contributed by atoms with Crippen molar-refractivity contribution in [2.45, 2.75) is 19.3 Å². The van der Waals surface area contributed by atoms with Crippen LogP contribution in [0.15, 0.2) is 59.7 Å². The molecule has 3 aromatic rings. The number of halogens is 1. The van der Waals surface area contributed by atoms with Crippen molar-refractivity contribution in [3.05, 3.63) is 70.8 Å². The van der Waals surface area contributed by atoms with Crippen molar-refractivity contribution in [3.8, 4) is 0 Å². The molecule has 1 fully saturated rings. The van der Waals surface area contributed by atoms with Crippen molar-refractivity contribution < 1.29 is 0 Å². The van der Waals surface area contributed by atoms with Crippen molar-refractivity contribution in [2.75, 3.05) is 18.9 Å². The van der Waals surface area contributed by atoms with Gasteiger partial charge < -0.3 is 10.6 Å². The normalized spacial score (nSPS) is 13.7. The first-order chi connectivity index (χ1) is 13.2. The summed E-state index contributed by atoms with van der Waals surface area (Å²) < 4.78 is 1.05. The zero-order valence-corrected chi connectivity index (χ0v) is 17.1. The first kappa shape index (κ1) is 18.2. The largest absolute Gasteiger partial charge is 0.354 e. The van der Waals surface area contributed by atoms with E-state index in [0.717, 1.165) is 45.3 Å². The van der Waals surface area contributed by atoms with Crippen LogP contribution in [-0.2, 0) is 6.42 Å². The molecule has 3 nitrogen and oxygen atoms in total. The van der Waals surface area contributed by atoms with Crippen molar-refractivity contribution in [1.29, 1.82) is 0 Å². The van der Waals surface area contributed by atoms with E-state index >= 15 is 0 Å². The van der Waals surface area contributed by atoms with E-state index in [1.54, 1.807) is 0 Å². The van der Waals surface area contributed by atoms with Crippen LogP contribution in [-0.4, -0.2) is 18.6 Å². The summed E-state index contributed by atoms with van der Waals surface area (Å²) in [7, 11) is 1.98. The molecule has 0 atom stereocenters. The van der Waals surface area contributed by atoms with Gasteiger partial charge in [-0.1, -0.05) is 34.6 Å². The van der Waals surface area contributed by atoms with Crippen LogP contribution in [0.3, 0.4) is 0 Å². The minimum atomic E-state index is 0.598. The Morgan fingerprint density at radius 1 is 1.19 bits per heavy atom. The number of hydrogen-bond acceptors (Lipinski definition) is 3. The highest BCUT2D eigenvalue weighted by Gasteiger charge is 2.27. The van der Waals surface area contributed by atoms with E-state index in [9.17, 15) is 0 Å². The van der Waals surface area contributed by atoms with E-state index in [-0.39, 0.29) is 0 Å². The molecule has 1 heterocycles. The maximum absolute atomic E-state index is 4.68. The number of rotatable bonds is 7. The van der Waals surface area contributed by atoms with Gasteiger partial charge >= 0.3 is 0 Å². The predicted octanol–water partition coefficient (Wildman–Crippen LogP) is 5.93. The topological polar surface area (TPSA) is 37.0 Å². The summed E-state index contributed by atoms with van der Waals surface area (Å²) in [5, 5.41) is 7.96. The van der Waals surface area contributed by atoms with Gasteiger partial charge in [-0.2, -0.15) is 0 Å². The van der Waals surface area contributed by atoms with Gasteiger partial charge in [0.05, 0.1) is 11.2 Å². The summed E-state index contributed by atoms with van der Waals surface area (Å²) in [5.74, 6) is 0.598. The lowest BCUT2D eigenvalue weighted by molar-refractivity contribution is 0.792. The number of nitrogens with one attached hydrogen (secondary N) is 2. The average Bonchev–Trinajstić information content (AvgIpc) is 3.52. The molecule has 27 heavy (non-hydrogen) atoms. The molecule has 1 aliphatic carbocycles. The number of fused-ring (bicyclic) bond motifs is 1. The van der Waals surface area contributed by atoms with Gasteiger partial charge in [0, 0.05) is 27.3 Å². The van der Waals surface area contributed by atoms with Gasteiger partial charge in [0.15, 0.2) is 0 Å². The fraction of sp³-hybridized carbons (Fsp3) is 0.261. The van der Waals surface area contributed by atoms with E-state index in [2.05, 4.69) is 74.5 Å². The number of aromatic nitrogens is 1. The number of hydrogen-bond donors (Lipinski definition) is 2. The first-order valence-corrected chi connectivity index (χ1v) is 10.2. The van der Waals surface area contributed by atoms with Gasteiger partial charge in [-0.25, -0.2) is 0 Å². The lowest BCUT2D eigenvalue weighted by Crippen LogP contribution is -2.10. The number of nitrogens with zero attached hydrogens (tertiary/aromatic N) is 1. The summed E-state index contributed by atoms with van der Waals surface area (Å²) in [6, 6.07) is 14.9. The second-order valence-electron chi connectivity index (χ2n) is 7.18. The first-order valence-electron chi connectivity index (χ1n) is 9.43. The average molecular weight is 422 g/mol. The van der Waals surface area contributed by atoms with Gasteiger partial charge in [0.1, 0.15) is 0 Å². The molecule has 0 unspecified atom stereocenters. The van der Waals surface area contributed by atoms with Gasteiger partial charge in [-0.15, -0.1) is 0 Å². The number of pyridine rings is 1. The molecule has 1 aliphatic rings. The van der Waals surface area contributed by atoms with Crippen molar-refractivity contribution in [2.24, 2.45) is 5.92 Å². The maximum Gasteiger partial charge on any atom is 0.0724 e. The summed E-state index contributed by atoms with van der Waals surface area (Å²) in [4.78, 5) is 4.68. The number of anilines is 2. The number of allylic oxidation sites excluding steroid dienone is 1. The van der Waals surface area contributed by atoms with Gasteiger partial charge in [-0.05, 0) is 80.2 Å². The quantitative estimate of drug-likeness (QED) is 0.496. The Hall–Kier alpha value is -2.17. The summed E-state index contributed by atoms with van der Waals surface area (Å²) in [6.07, 6.45) is 5.47. The fourth-order valence-corrected chi connectivity index (χ4v) is 3.72. The smallest absolute Gasteiger partial charge is 0.0724 e. The Kier molecular flexibility index (Phi) is 5.28. The monoisotopic (exact) mass is 421 g/mol. The van der Waals surface area contributed by atoms with E-state index in [4.69, 9.17) is 0 Å². The summed E-state index contributed by atoms with van der Waals surface area (Å²) in [6.45, 7) is 5.35. The molecule has 0 aliphatic heterocycles. The van der Waals surface area contributed by atoms with Crippen LogP contribution in [0.5, 0.6) is 0 Å². The van der Waals surface area contributed by atoms with E-state index in [0.29, 0.717) is 5.92 Å². The van der Waals surface area contributed by atoms with Crippen LogP contribution in [0.1, 0.15) is 24.0 Å². The maximum atomic E-state index is 4.68. The highest BCUT2D eigenvalue weighted by Crippen LogP contribution is 2.44. The molecule has 4 rings (SSSR count). The molecule has 2 aromatic carbocycles. The molecule has 0 amide bonds. The SMILES string of the molecule is C=C(c1cnc2ccc(Br)cc2c1Nc1ccc(CCNC)cc1)C1CC1. The molecular weight excluding hydrogens is 398 g/mol. The van der Waals surface area contributed by atoms with Crippen molar-refractivity contribution in [3.63, 3.8) is 0 Å². The number of likely N-dealkylation sites (N-methyl/N-ethyl adjacent to an activating group) is 1. The van der Waals surface area contributed by atoms with Crippen LogP contribution in [0.2, 0.25) is 0 Å². The van der Waals surface area contributed by atoms with Crippen molar-refractivity contribution in [1.82, 2.24) is 10.3 Å². The Labute approximate surface area is 169 Å². The molecule has 0 spiro atoms. The lowest BCUT2D eigenvalue weighted by atomic mass is 10.00. The van der Waals surface area contributed by atoms with Crippen LogP contribution >= 0.6 is 15.9 Å². The molecule has 0 bridgehead atoms. The van der Waals surface area contributed by atoms with Crippen LogP contribution < -0.4 is 10.6 Å². The molecule has 1 saturated carbocycles. The van der Waals surface area contributed by atoms with Crippen molar-refractivity contribution >= 4 is 43.8 Å². The van der Waals surface area contributed by atoms with E-state index < -0.39 is 0 Å². The van der Waals surface area contributed by atoms with Gasteiger partial charge in [0.25, 0.3) is 0 Å². The Morgan fingerprint density at radius 2 is 1.96 bits per heavy atom. The Morgan fingerprint density at radius 3 is 2.67 bits per heavy atom. The molecule has 2 N–H and O–H groups in total. The second kappa shape index (κ2) is 7.83. The highest BCUT2D eigenvalue weighted by molar-refractivity contribution is 9.10. The van der Waals surface area contributed by atoms with Crippen LogP contribution in [0, 0.1) is 5.92 Å². The lowest BCUT2D eigenvalue weighted by Gasteiger charge is -2.17. The Bertz CT molecular complexity index is 975. The minimum Gasteiger partial charge on any atom is -0.354 e. The molecule has 4 heteroatoms. The Balaban J connectivity index is 1.72. The second-order valence-corrected chi connectivity index (χ2v) is 8.10. The molecule has 1 aromatic heterocycles. The molecule has 0 saturated heterocycles. The van der Waals surface area contributed by atoms with Gasteiger partial charge in [0.2, 0.25) is 0 Å². The minimum absolute atomic E-state index is 0.598. The van der Waals surface area contributed by atoms with Crippen LogP contribution in [0.25, 0.3) is 16.5 Å².